The first kappa shape index (κ1) is 14.5. The molecule has 0 radical (unpaired) electrons. The lowest BCUT2D eigenvalue weighted by molar-refractivity contribution is -0.146. The van der Waals surface area contributed by atoms with E-state index >= 15 is 0 Å². The smallest absolute Gasteiger partial charge is 0.236 e. The second kappa shape index (κ2) is 5.84. The molecule has 0 aromatic heterocycles. The molecule has 0 spiro atoms. The fraction of sp³-hybridized carbons (Fsp3) is 0.882. The first-order valence-corrected chi connectivity index (χ1v) is 9.00. The second-order valence-electron chi connectivity index (χ2n) is 7.65. The predicted octanol–water partition coefficient (Wildman–Crippen LogP) is 0.942. The number of rotatable bonds is 2. The van der Waals surface area contributed by atoms with Gasteiger partial charge < -0.3 is 9.80 Å². The highest BCUT2D eigenvalue weighted by atomic mass is 16.2. The number of amides is 2. The minimum absolute atomic E-state index is 0.314. The molecule has 4 fully saturated rings. The highest BCUT2D eigenvalue weighted by molar-refractivity contribution is 5.79. The summed E-state index contributed by atoms with van der Waals surface area (Å²) >= 11 is 0. The molecule has 4 heterocycles. The van der Waals surface area contributed by atoms with Gasteiger partial charge in [-0.25, -0.2) is 0 Å². The molecule has 2 amide bonds. The van der Waals surface area contributed by atoms with E-state index in [2.05, 4.69) is 9.80 Å². The lowest BCUT2D eigenvalue weighted by atomic mass is 9.76. The van der Waals surface area contributed by atoms with Crippen LogP contribution in [0.1, 0.15) is 38.5 Å². The molecule has 0 aromatic carbocycles. The Hall–Kier alpha value is -1.10. The third-order valence-corrected chi connectivity index (χ3v) is 6.07. The van der Waals surface area contributed by atoms with Gasteiger partial charge in [0.25, 0.3) is 0 Å². The number of carbonyl (C=O) groups is 2. The van der Waals surface area contributed by atoms with E-state index in [4.69, 9.17) is 0 Å². The molecule has 4 rings (SSSR count). The summed E-state index contributed by atoms with van der Waals surface area (Å²) in [5.74, 6) is 1.84. The van der Waals surface area contributed by atoms with Crippen LogP contribution in [0.5, 0.6) is 0 Å². The molecular weight excluding hydrogens is 278 g/mol. The zero-order valence-electron chi connectivity index (χ0n) is 13.4. The van der Waals surface area contributed by atoms with Gasteiger partial charge in [0.2, 0.25) is 11.8 Å². The molecule has 2 unspecified atom stereocenters. The highest BCUT2D eigenvalue weighted by Crippen LogP contribution is 2.37. The summed E-state index contributed by atoms with van der Waals surface area (Å²) in [6.07, 6.45) is 6.53. The van der Waals surface area contributed by atoms with Crippen molar-refractivity contribution in [1.29, 1.82) is 0 Å². The van der Waals surface area contributed by atoms with Gasteiger partial charge in [-0.3, -0.25) is 14.5 Å². The van der Waals surface area contributed by atoms with Gasteiger partial charge in [-0.2, -0.15) is 0 Å². The Kier molecular flexibility index (Phi) is 3.84. The average Bonchev–Trinajstić information content (AvgIpc) is 3.03. The minimum atomic E-state index is 0.314. The first-order chi connectivity index (χ1) is 10.7. The Balaban J connectivity index is 1.39. The molecule has 122 valence electrons. The number of likely N-dealkylation sites (tertiary alicyclic amines) is 2. The minimum Gasteiger partial charge on any atom is -0.342 e. The number of fused-ring (bicyclic) bond motifs is 4. The van der Waals surface area contributed by atoms with E-state index in [1.807, 2.05) is 4.90 Å². The summed E-state index contributed by atoms with van der Waals surface area (Å²) in [6.45, 7) is 5.41. The van der Waals surface area contributed by atoms with E-state index in [1.54, 1.807) is 0 Å². The van der Waals surface area contributed by atoms with Crippen molar-refractivity contribution in [3.63, 3.8) is 0 Å². The lowest BCUT2D eigenvalue weighted by Gasteiger charge is -2.52. The van der Waals surface area contributed by atoms with Crippen LogP contribution in [0.4, 0.5) is 0 Å². The quantitative estimate of drug-likeness (QED) is 0.763. The van der Waals surface area contributed by atoms with Gasteiger partial charge in [0.1, 0.15) is 0 Å². The molecule has 5 heteroatoms. The van der Waals surface area contributed by atoms with Crippen LogP contribution < -0.4 is 0 Å². The Morgan fingerprint density at radius 3 is 2.73 bits per heavy atom. The molecule has 0 aliphatic carbocycles. The molecule has 5 nitrogen and oxygen atoms in total. The second-order valence-corrected chi connectivity index (χ2v) is 7.65. The molecule has 0 aromatic rings. The molecule has 0 N–H and O–H groups in total. The summed E-state index contributed by atoms with van der Waals surface area (Å²) in [6, 6.07) is 0.446. The molecule has 2 bridgehead atoms. The van der Waals surface area contributed by atoms with Crippen LogP contribution >= 0.6 is 0 Å². The number of carbonyl (C=O) groups excluding carboxylic acids is 2. The maximum Gasteiger partial charge on any atom is 0.236 e. The van der Waals surface area contributed by atoms with Gasteiger partial charge >= 0.3 is 0 Å². The Morgan fingerprint density at radius 2 is 1.91 bits per heavy atom. The summed E-state index contributed by atoms with van der Waals surface area (Å²) in [5, 5.41) is 0. The van der Waals surface area contributed by atoms with Gasteiger partial charge in [0.15, 0.2) is 0 Å². The number of piperidine rings is 3. The van der Waals surface area contributed by atoms with E-state index in [0.717, 1.165) is 64.8 Å². The van der Waals surface area contributed by atoms with Crippen molar-refractivity contribution in [1.82, 2.24) is 14.7 Å². The van der Waals surface area contributed by atoms with Crippen molar-refractivity contribution in [3.05, 3.63) is 0 Å². The molecular formula is C17H27N3O2. The van der Waals surface area contributed by atoms with E-state index in [1.165, 1.54) is 6.42 Å². The fourth-order valence-electron chi connectivity index (χ4n) is 5.10. The maximum atomic E-state index is 12.4. The van der Waals surface area contributed by atoms with Gasteiger partial charge in [-0.1, -0.05) is 0 Å². The van der Waals surface area contributed by atoms with Crippen LogP contribution in [0.3, 0.4) is 0 Å². The van der Waals surface area contributed by atoms with Crippen molar-refractivity contribution < 1.29 is 9.59 Å². The third kappa shape index (κ3) is 2.64. The van der Waals surface area contributed by atoms with Crippen LogP contribution in [0.15, 0.2) is 0 Å². The molecule has 3 atom stereocenters. The van der Waals surface area contributed by atoms with E-state index in [0.29, 0.717) is 36.2 Å². The molecule has 4 aliphatic rings. The monoisotopic (exact) mass is 305 g/mol. The SMILES string of the molecule is O=C(CN1CC2CC(C1)[C@H]1CCCC(=O)N1C2)N1CCCC1. The van der Waals surface area contributed by atoms with Crippen LogP contribution in [0, 0.1) is 11.8 Å². The first-order valence-electron chi connectivity index (χ1n) is 9.00. The average molecular weight is 305 g/mol. The highest BCUT2D eigenvalue weighted by Gasteiger charge is 2.44. The normalized spacial score (nSPS) is 35.6. The Labute approximate surface area is 132 Å². The van der Waals surface area contributed by atoms with Crippen molar-refractivity contribution in [2.45, 2.75) is 44.6 Å². The predicted molar refractivity (Wildman–Crippen MR) is 83.2 cm³/mol. The number of hydrogen-bond donors (Lipinski definition) is 0. The van der Waals surface area contributed by atoms with Crippen molar-refractivity contribution in [3.8, 4) is 0 Å². The van der Waals surface area contributed by atoms with E-state index < -0.39 is 0 Å². The maximum absolute atomic E-state index is 12.4. The number of hydrogen-bond acceptors (Lipinski definition) is 3. The topological polar surface area (TPSA) is 43.9 Å². The third-order valence-electron chi connectivity index (χ3n) is 6.07. The van der Waals surface area contributed by atoms with Crippen molar-refractivity contribution in [2.24, 2.45) is 11.8 Å². The standard InChI is InChI=1S/C17H27N3O2/c21-16-5-3-4-15-14-8-13(10-20(15)16)9-18(11-14)12-17(22)19-6-1-2-7-19/h13-15H,1-12H2/t13?,14?,15-/m1/s1. The van der Waals surface area contributed by atoms with Crippen molar-refractivity contribution >= 4 is 11.8 Å². The largest absolute Gasteiger partial charge is 0.342 e. The number of nitrogens with zero attached hydrogens (tertiary/aromatic N) is 3. The fourth-order valence-corrected chi connectivity index (χ4v) is 5.10. The van der Waals surface area contributed by atoms with E-state index in [-0.39, 0.29) is 0 Å². The van der Waals surface area contributed by atoms with Crippen LogP contribution in [-0.2, 0) is 9.59 Å². The van der Waals surface area contributed by atoms with Crippen molar-refractivity contribution in [2.75, 3.05) is 39.3 Å². The zero-order valence-corrected chi connectivity index (χ0v) is 13.4. The van der Waals surface area contributed by atoms with Crippen LogP contribution in [-0.4, -0.2) is 71.8 Å². The molecule has 0 saturated carbocycles. The summed E-state index contributed by atoms with van der Waals surface area (Å²) in [5.41, 5.74) is 0. The summed E-state index contributed by atoms with van der Waals surface area (Å²) in [7, 11) is 0. The molecule has 4 saturated heterocycles. The van der Waals surface area contributed by atoms with E-state index in [9.17, 15) is 9.59 Å². The summed E-state index contributed by atoms with van der Waals surface area (Å²) in [4.78, 5) is 31.1. The summed E-state index contributed by atoms with van der Waals surface area (Å²) < 4.78 is 0. The Morgan fingerprint density at radius 1 is 1.09 bits per heavy atom. The van der Waals surface area contributed by atoms with Gasteiger partial charge in [-0.15, -0.1) is 0 Å². The lowest BCUT2D eigenvalue weighted by Crippen LogP contribution is -2.61. The van der Waals surface area contributed by atoms with Crippen LogP contribution in [0.25, 0.3) is 0 Å². The Bertz CT molecular complexity index is 461. The van der Waals surface area contributed by atoms with Gasteiger partial charge in [-0.05, 0) is 43.9 Å². The van der Waals surface area contributed by atoms with Crippen LogP contribution in [0.2, 0.25) is 0 Å². The molecule has 4 aliphatic heterocycles. The van der Waals surface area contributed by atoms with Gasteiger partial charge in [0, 0.05) is 45.2 Å². The molecule has 22 heavy (non-hydrogen) atoms. The van der Waals surface area contributed by atoms with Gasteiger partial charge in [0.05, 0.1) is 6.54 Å². The zero-order chi connectivity index (χ0) is 15.1.